The van der Waals surface area contributed by atoms with Crippen molar-refractivity contribution >= 4 is 21.3 Å². The number of hydrogen-bond donors (Lipinski definition) is 2. The summed E-state index contributed by atoms with van der Waals surface area (Å²) in [6.07, 6.45) is 1.55. The normalized spacial score (nSPS) is 21.0. The van der Waals surface area contributed by atoms with Crippen LogP contribution in [0.15, 0.2) is 23.6 Å². The molecule has 2 rings (SSSR count). The molecule has 0 radical (unpaired) electrons. The molecule has 2 heterocycles. The minimum Gasteiger partial charge on any atom is -0.396 e. The van der Waals surface area contributed by atoms with Crippen LogP contribution in [0.3, 0.4) is 0 Å². The van der Waals surface area contributed by atoms with Crippen molar-refractivity contribution < 1.29 is 8.42 Å². The third-order valence-electron chi connectivity index (χ3n) is 2.30. The summed E-state index contributed by atoms with van der Waals surface area (Å²) in [5.74, 6) is 0.434. The Hall–Kier alpha value is -2.07. The standard InChI is InChI=1S/C10H10N4O2S/c11-5-9-8(12)1-2-10(14-9)13-7-3-4-17(15,16)6-7/h1-4,7H,6,12H2,(H,13,14). The highest BCUT2D eigenvalue weighted by Gasteiger charge is 2.21. The van der Waals surface area contributed by atoms with Crippen molar-refractivity contribution in [2.45, 2.75) is 6.04 Å². The van der Waals surface area contributed by atoms with Crippen LogP contribution in [0.4, 0.5) is 11.5 Å². The summed E-state index contributed by atoms with van der Waals surface area (Å²) in [6, 6.07) is 4.71. The summed E-state index contributed by atoms with van der Waals surface area (Å²) >= 11 is 0. The molecule has 1 atom stereocenters. The molecule has 0 aromatic carbocycles. The zero-order chi connectivity index (χ0) is 12.5. The maximum atomic E-state index is 11.2. The molecule has 7 heteroatoms. The molecule has 17 heavy (non-hydrogen) atoms. The van der Waals surface area contributed by atoms with E-state index in [1.165, 1.54) is 5.41 Å². The van der Waals surface area contributed by atoms with Crippen LogP contribution in [-0.2, 0) is 9.84 Å². The zero-order valence-corrected chi connectivity index (χ0v) is 9.61. The second-order valence-electron chi connectivity index (χ2n) is 3.66. The minimum atomic E-state index is -3.10. The Morgan fingerprint density at radius 3 is 2.88 bits per heavy atom. The first-order valence-electron chi connectivity index (χ1n) is 4.84. The smallest absolute Gasteiger partial charge is 0.173 e. The maximum absolute atomic E-state index is 11.2. The fourth-order valence-electron chi connectivity index (χ4n) is 1.50. The van der Waals surface area contributed by atoms with Crippen LogP contribution >= 0.6 is 0 Å². The van der Waals surface area contributed by atoms with Gasteiger partial charge in [-0.2, -0.15) is 5.26 Å². The van der Waals surface area contributed by atoms with Crippen molar-refractivity contribution in [3.63, 3.8) is 0 Å². The average molecular weight is 250 g/mol. The van der Waals surface area contributed by atoms with Crippen molar-refractivity contribution in [3.05, 3.63) is 29.3 Å². The first-order chi connectivity index (χ1) is 8.00. The van der Waals surface area contributed by atoms with E-state index in [2.05, 4.69) is 10.3 Å². The number of nitriles is 1. The van der Waals surface area contributed by atoms with Crippen molar-refractivity contribution in [2.24, 2.45) is 0 Å². The molecule has 1 aliphatic rings. The number of aromatic nitrogens is 1. The Bertz CT molecular complexity index is 616. The number of nitrogens with zero attached hydrogens (tertiary/aromatic N) is 2. The van der Waals surface area contributed by atoms with E-state index in [1.54, 1.807) is 18.2 Å². The van der Waals surface area contributed by atoms with Gasteiger partial charge >= 0.3 is 0 Å². The number of rotatable bonds is 2. The van der Waals surface area contributed by atoms with Crippen molar-refractivity contribution in [2.75, 3.05) is 16.8 Å². The number of hydrogen-bond acceptors (Lipinski definition) is 6. The van der Waals surface area contributed by atoms with Gasteiger partial charge in [0.25, 0.3) is 0 Å². The van der Waals surface area contributed by atoms with E-state index < -0.39 is 9.84 Å². The van der Waals surface area contributed by atoms with E-state index in [4.69, 9.17) is 11.0 Å². The maximum Gasteiger partial charge on any atom is 0.173 e. The van der Waals surface area contributed by atoms with Gasteiger partial charge in [-0.25, -0.2) is 13.4 Å². The number of nitrogens with one attached hydrogen (secondary N) is 1. The van der Waals surface area contributed by atoms with Gasteiger partial charge < -0.3 is 11.1 Å². The van der Waals surface area contributed by atoms with Crippen LogP contribution in [0.5, 0.6) is 0 Å². The topological polar surface area (TPSA) is 109 Å². The highest BCUT2D eigenvalue weighted by molar-refractivity contribution is 7.94. The third kappa shape index (κ3) is 2.54. The van der Waals surface area contributed by atoms with Gasteiger partial charge in [0.2, 0.25) is 0 Å². The van der Waals surface area contributed by atoms with E-state index in [9.17, 15) is 8.42 Å². The summed E-state index contributed by atoms with van der Waals surface area (Å²) in [6.45, 7) is 0. The average Bonchev–Trinajstić information content (AvgIpc) is 2.61. The minimum absolute atomic E-state index is 0.000936. The molecular weight excluding hydrogens is 240 g/mol. The van der Waals surface area contributed by atoms with Crippen LogP contribution < -0.4 is 11.1 Å². The molecular formula is C10H10N4O2S. The van der Waals surface area contributed by atoms with Crippen LogP contribution in [0.2, 0.25) is 0 Å². The van der Waals surface area contributed by atoms with Crippen LogP contribution in [0.1, 0.15) is 5.69 Å². The zero-order valence-electron chi connectivity index (χ0n) is 8.79. The summed E-state index contributed by atoms with van der Waals surface area (Å²) in [4.78, 5) is 3.98. The van der Waals surface area contributed by atoms with Crippen LogP contribution in [0, 0.1) is 11.3 Å². The van der Waals surface area contributed by atoms with E-state index >= 15 is 0 Å². The Labute approximate surface area is 98.7 Å². The molecule has 1 aromatic heterocycles. The second-order valence-corrected chi connectivity index (χ2v) is 5.59. The quantitative estimate of drug-likeness (QED) is 0.779. The summed E-state index contributed by atoms with van der Waals surface area (Å²) in [5.41, 5.74) is 5.95. The molecule has 0 spiro atoms. The lowest BCUT2D eigenvalue weighted by atomic mass is 10.3. The fraction of sp³-hybridized carbons (Fsp3) is 0.200. The third-order valence-corrected chi connectivity index (χ3v) is 3.69. The fourth-order valence-corrected chi connectivity index (χ4v) is 2.73. The van der Waals surface area contributed by atoms with Gasteiger partial charge in [-0.15, -0.1) is 0 Å². The Morgan fingerprint density at radius 2 is 2.29 bits per heavy atom. The summed E-state index contributed by atoms with van der Waals surface area (Å²) < 4.78 is 22.4. The van der Waals surface area contributed by atoms with Crippen LogP contribution in [-0.4, -0.2) is 25.2 Å². The predicted molar refractivity (Wildman–Crippen MR) is 63.7 cm³/mol. The second kappa shape index (κ2) is 4.07. The Balaban J connectivity index is 2.16. The molecule has 1 unspecified atom stereocenters. The largest absolute Gasteiger partial charge is 0.396 e. The lowest BCUT2D eigenvalue weighted by Crippen LogP contribution is -2.21. The molecule has 0 saturated heterocycles. The first kappa shape index (κ1) is 11.4. The van der Waals surface area contributed by atoms with E-state index in [0.717, 1.165) is 0 Å². The SMILES string of the molecule is N#Cc1nc(NC2C=CS(=O)(=O)C2)ccc1N. The molecule has 0 fully saturated rings. The van der Waals surface area contributed by atoms with Crippen molar-refractivity contribution in [1.29, 1.82) is 5.26 Å². The van der Waals surface area contributed by atoms with Gasteiger partial charge in [-0.1, -0.05) is 0 Å². The van der Waals surface area contributed by atoms with Gasteiger partial charge in [0.15, 0.2) is 15.5 Å². The Kier molecular flexibility index (Phi) is 2.73. The molecule has 1 aromatic rings. The van der Waals surface area contributed by atoms with Gasteiger partial charge in [-0.05, 0) is 18.2 Å². The molecule has 1 aliphatic heterocycles. The monoisotopic (exact) mass is 250 g/mol. The molecule has 88 valence electrons. The molecule has 0 saturated carbocycles. The highest BCUT2D eigenvalue weighted by Crippen LogP contribution is 2.16. The number of sulfone groups is 1. The Morgan fingerprint density at radius 1 is 1.53 bits per heavy atom. The van der Waals surface area contributed by atoms with E-state index in [0.29, 0.717) is 11.5 Å². The van der Waals surface area contributed by atoms with E-state index in [1.807, 2.05) is 6.07 Å². The molecule has 0 aliphatic carbocycles. The van der Waals surface area contributed by atoms with Gasteiger partial charge in [0.05, 0.1) is 17.5 Å². The van der Waals surface area contributed by atoms with Gasteiger partial charge in [0.1, 0.15) is 11.9 Å². The number of pyridine rings is 1. The van der Waals surface area contributed by atoms with Gasteiger partial charge in [0, 0.05) is 5.41 Å². The van der Waals surface area contributed by atoms with Gasteiger partial charge in [-0.3, -0.25) is 0 Å². The lowest BCUT2D eigenvalue weighted by Gasteiger charge is -2.10. The van der Waals surface area contributed by atoms with Crippen LogP contribution in [0.25, 0.3) is 0 Å². The molecule has 0 bridgehead atoms. The molecule has 0 amide bonds. The summed E-state index contributed by atoms with van der Waals surface area (Å²) in [5, 5.41) is 12.8. The highest BCUT2D eigenvalue weighted by atomic mass is 32.2. The summed E-state index contributed by atoms with van der Waals surface area (Å²) in [7, 11) is -3.10. The first-order valence-corrected chi connectivity index (χ1v) is 6.56. The lowest BCUT2D eigenvalue weighted by molar-refractivity contribution is 0.605. The molecule has 3 N–H and O–H groups in total. The number of nitrogen functional groups attached to an aromatic ring is 1. The number of nitrogens with two attached hydrogens (primary N) is 1. The molecule has 6 nitrogen and oxygen atoms in total. The predicted octanol–water partition coefficient (Wildman–Crippen LogP) is 0.258. The van der Waals surface area contributed by atoms with Crippen molar-refractivity contribution in [1.82, 2.24) is 4.98 Å². The van der Waals surface area contributed by atoms with Crippen molar-refractivity contribution in [3.8, 4) is 6.07 Å². The van der Waals surface area contributed by atoms with E-state index in [-0.39, 0.29) is 17.5 Å². The number of anilines is 2.